The Bertz CT molecular complexity index is 683. The van der Waals surface area contributed by atoms with Crippen LogP contribution in [0.15, 0.2) is 24.3 Å². The lowest BCUT2D eigenvalue weighted by atomic mass is 9.94. The van der Waals surface area contributed by atoms with E-state index < -0.39 is 25.7 Å². The number of ether oxygens (including phenoxy) is 1. The fourth-order valence-electron chi connectivity index (χ4n) is 2.45. The summed E-state index contributed by atoms with van der Waals surface area (Å²) in [5.41, 5.74) is -0.0402. The summed E-state index contributed by atoms with van der Waals surface area (Å²) >= 11 is 0. The van der Waals surface area contributed by atoms with E-state index in [1.165, 1.54) is 6.07 Å². The molecule has 0 spiro atoms. The summed E-state index contributed by atoms with van der Waals surface area (Å²) in [5.74, 6) is 0.467. The Hall–Kier alpha value is -1.27. The second-order valence-electron chi connectivity index (χ2n) is 8.63. The van der Waals surface area contributed by atoms with Crippen molar-refractivity contribution in [2.45, 2.75) is 64.5 Å². The van der Waals surface area contributed by atoms with Gasteiger partial charge < -0.3 is 9.16 Å². The van der Waals surface area contributed by atoms with E-state index in [-0.39, 0.29) is 11.6 Å². The third kappa shape index (κ3) is 4.47. The van der Waals surface area contributed by atoms with Crippen molar-refractivity contribution in [3.05, 3.63) is 35.4 Å². The van der Waals surface area contributed by atoms with Crippen LogP contribution in [0.4, 0.5) is 13.2 Å². The molecule has 1 heterocycles. The molecule has 2 nitrogen and oxygen atoms in total. The van der Waals surface area contributed by atoms with Gasteiger partial charge in [0.2, 0.25) is 0 Å². The highest BCUT2D eigenvalue weighted by Crippen LogP contribution is 2.42. The molecule has 1 aliphatic rings. The second-order valence-corrected chi connectivity index (χ2v) is 13.4. The van der Waals surface area contributed by atoms with Crippen molar-refractivity contribution in [3.8, 4) is 5.75 Å². The molecule has 140 valence electrons. The van der Waals surface area contributed by atoms with Crippen LogP contribution in [0.25, 0.3) is 5.57 Å². The van der Waals surface area contributed by atoms with Gasteiger partial charge in [0.15, 0.2) is 8.32 Å². The maximum Gasteiger partial charge on any atom is 0.416 e. The zero-order chi connectivity index (χ0) is 19.3. The van der Waals surface area contributed by atoms with Gasteiger partial charge in [0.25, 0.3) is 0 Å². The summed E-state index contributed by atoms with van der Waals surface area (Å²) in [6.45, 7) is 14.7. The smallest absolute Gasteiger partial charge is 0.416 e. The molecule has 0 saturated carbocycles. The van der Waals surface area contributed by atoms with Crippen molar-refractivity contribution in [3.63, 3.8) is 0 Å². The van der Waals surface area contributed by atoms with E-state index in [9.17, 15) is 13.2 Å². The average Bonchev–Trinajstić information content (AvgIpc) is 2.41. The zero-order valence-electron chi connectivity index (χ0n) is 16.0. The Labute approximate surface area is 149 Å². The van der Waals surface area contributed by atoms with Crippen molar-refractivity contribution >= 4 is 13.9 Å². The Kier molecular flexibility index (Phi) is 4.94. The minimum Gasteiger partial charge on any atom is -0.483 e. The van der Waals surface area contributed by atoms with Crippen LogP contribution >= 0.6 is 0 Å². The summed E-state index contributed by atoms with van der Waals surface area (Å²) in [7, 11) is -2.01. The minimum absolute atomic E-state index is 0.0326. The van der Waals surface area contributed by atoms with Crippen LogP contribution in [0, 0.1) is 0 Å². The number of halogens is 3. The van der Waals surface area contributed by atoms with E-state index in [0.29, 0.717) is 11.3 Å². The molecule has 2 rings (SSSR count). The molecule has 0 unspecified atom stereocenters. The maximum atomic E-state index is 13.1. The fraction of sp³-hybridized carbons (Fsp3) is 0.579. The van der Waals surface area contributed by atoms with Crippen LogP contribution in [0.1, 0.15) is 45.7 Å². The van der Waals surface area contributed by atoms with Crippen LogP contribution in [-0.2, 0) is 10.6 Å². The van der Waals surface area contributed by atoms with Gasteiger partial charge in [-0.3, -0.25) is 0 Å². The number of hydrogen-bond acceptors (Lipinski definition) is 2. The molecule has 0 aromatic heterocycles. The average molecular weight is 373 g/mol. The van der Waals surface area contributed by atoms with Gasteiger partial charge in [-0.2, -0.15) is 13.2 Å². The Morgan fingerprint density at radius 1 is 1.12 bits per heavy atom. The molecule has 0 atom stereocenters. The predicted octanol–water partition coefficient (Wildman–Crippen LogP) is 6.28. The van der Waals surface area contributed by atoms with Gasteiger partial charge in [0.1, 0.15) is 11.4 Å². The molecule has 0 radical (unpaired) electrons. The zero-order valence-corrected chi connectivity index (χ0v) is 17.0. The summed E-state index contributed by atoms with van der Waals surface area (Å²) in [6.07, 6.45) is -2.52. The first-order valence-corrected chi connectivity index (χ1v) is 11.3. The van der Waals surface area contributed by atoms with E-state index in [0.717, 1.165) is 17.7 Å². The molecule has 25 heavy (non-hydrogen) atoms. The monoisotopic (exact) mass is 372 g/mol. The van der Waals surface area contributed by atoms with Crippen molar-refractivity contribution in [1.29, 1.82) is 0 Å². The standard InChI is InChI=1S/C19H27F3O2Si/c1-17(2,3)25(6,7)23-12-13-11-18(4,5)24-16-9-8-14(10-15(13)16)19(20,21)22/h8-11H,12H2,1-7H3. The molecule has 0 bridgehead atoms. The highest BCUT2D eigenvalue weighted by molar-refractivity contribution is 6.74. The first kappa shape index (κ1) is 20.0. The topological polar surface area (TPSA) is 18.5 Å². The van der Waals surface area contributed by atoms with Crippen molar-refractivity contribution in [2.75, 3.05) is 6.61 Å². The summed E-state index contributed by atoms with van der Waals surface area (Å²) in [4.78, 5) is 0. The number of alkyl halides is 3. The molecule has 0 N–H and O–H groups in total. The van der Waals surface area contributed by atoms with Crippen molar-refractivity contribution in [2.24, 2.45) is 0 Å². The first-order valence-electron chi connectivity index (χ1n) is 8.39. The van der Waals surface area contributed by atoms with Gasteiger partial charge in [-0.15, -0.1) is 0 Å². The lowest BCUT2D eigenvalue weighted by Crippen LogP contribution is -2.41. The molecule has 0 aliphatic carbocycles. The molecule has 0 fully saturated rings. The summed E-state index contributed by atoms with van der Waals surface area (Å²) < 4.78 is 51.3. The van der Waals surface area contributed by atoms with Crippen LogP contribution in [0.2, 0.25) is 18.1 Å². The van der Waals surface area contributed by atoms with E-state index in [1.807, 2.05) is 19.9 Å². The van der Waals surface area contributed by atoms with Gasteiger partial charge in [-0.25, -0.2) is 0 Å². The third-order valence-electron chi connectivity index (χ3n) is 4.94. The van der Waals surface area contributed by atoms with E-state index >= 15 is 0 Å². The van der Waals surface area contributed by atoms with Crippen molar-refractivity contribution in [1.82, 2.24) is 0 Å². The van der Waals surface area contributed by atoms with Crippen LogP contribution in [-0.4, -0.2) is 20.5 Å². The number of rotatable bonds is 3. The highest BCUT2D eigenvalue weighted by atomic mass is 28.4. The van der Waals surface area contributed by atoms with Crippen molar-refractivity contribution < 1.29 is 22.3 Å². The Morgan fingerprint density at radius 2 is 1.72 bits per heavy atom. The van der Waals surface area contributed by atoms with E-state index in [4.69, 9.17) is 9.16 Å². The molecule has 1 aromatic rings. The number of fused-ring (bicyclic) bond motifs is 1. The second kappa shape index (κ2) is 6.16. The largest absolute Gasteiger partial charge is 0.483 e. The van der Waals surface area contributed by atoms with Gasteiger partial charge in [0, 0.05) is 5.56 Å². The first-order chi connectivity index (χ1) is 11.1. The fourth-order valence-corrected chi connectivity index (χ4v) is 3.40. The molecule has 0 amide bonds. The lowest BCUT2D eigenvalue weighted by molar-refractivity contribution is -0.137. The van der Waals surface area contributed by atoms with Crippen LogP contribution in [0.5, 0.6) is 5.75 Å². The highest BCUT2D eigenvalue weighted by Gasteiger charge is 2.38. The van der Waals surface area contributed by atoms with Gasteiger partial charge in [-0.1, -0.05) is 20.8 Å². The summed E-state index contributed by atoms with van der Waals surface area (Å²) in [6, 6.07) is 3.62. The van der Waals surface area contributed by atoms with Crippen LogP contribution < -0.4 is 4.74 Å². The maximum absolute atomic E-state index is 13.1. The SMILES string of the molecule is CC1(C)C=C(CO[Si](C)(C)C(C)(C)C)c2cc(C(F)(F)F)ccc2O1. The third-order valence-corrected chi connectivity index (χ3v) is 9.42. The summed E-state index contributed by atoms with van der Waals surface area (Å²) in [5, 5.41) is 0.0326. The molecule has 1 aliphatic heterocycles. The number of benzene rings is 1. The molecular formula is C19H27F3O2Si. The van der Waals surface area contributed by atoms with Gasteiger partial charge in [-0.05, 0) is 61.8 Å². The van der Waals surface area contributed by atoms with Gasteiger partial charge in [0.05, 0.1) is 12.2 Å². The Morgan fingerprint density at radius 3 is 2.24 bits per heavy atom. The lowest BCUT2D eigenvalue weighted by Gasteiger charge is -2.38. The van der Waals surface area contributed by atoms with E-state index in [1.54, 1.807) is 0 Å². The van der Waals surface area contributed by atoms with E-state index in [2.05, 4.69) is 33.9 Å². The normalized spacial score (nSPS) is 17.6. The molecule has 0 saturated heterocycles. The van der Waals surface area contributed by atoms with Gasteiger partial charge >= 0.3 is 6.18 Å². The Balaban J connectivity index is 2.39. The minimum atomic E-state index is -4.38. The van der Waals surface area contributed by atoms with Crippen LogP contribution in [0.3, 0.4) is 0 Å². The number of hydrogen-bond donors (Lipinski definition) is 0. The quantitative estimate of drug-likeness (QED) is 0.581. The molecular weight excluding hydrogens is 345 g/mol. The molecule has 6 heteroatoms. The predicted molar refractivity (Wildman–Crippen MR) is 97.3 cm³/mol. The molecule has 1 aromatic carbocycles.